The number of aryl methyl sites for hydroxylation is 1. The molecule has 2 aromatic rings. The van der Waals surface area contributed by atoms with E-state index < -0.39 is 5.97 Å². The molecule has 1 heterocycles. The average molecular weight is 420 g/mol. The first-order valence-corrected chi connectivity index (χ1v) is 11.5. The van der Waals surface area contributed by atoms with Crippen molar-refractivity contribution in [1.82, 2.24) is 4.98 Å². The number of carbonyl (C=O) groups excluding carboxylic acids is 2. The van der Waals surface area contributed by atoms with Crippen molar-refractivity contribution in [1.29, 1.82) is 0 Å². The van der Waals surface area contributed by atoms with Gasteiger partial charge in [-0.3, -0.25) is 9.78 Å². The molecule has 0 amide bonds. The number of hydrogen-bond donors (Lipinski definition) is 0. The standard InChI is InChI=1S/C26H29NO4/c1-3-30-22-15-20-17(14-23(22)31-25(29)16-9-12-27-13-10-16)4-5-19-18(20)8-11-26(2)21(19)6-7-24(26)28/h9-10,12-15,18-19,21H,3-8,11H2,1-2H3/t18-,19+,21-,26-/m0/s1. The summed E-state index contributed by atoms with van der Waals surface area (Å²) in [5.41, 5.74) is 2.91. The van der Waals surface area contributed by atoms with Gasteiger partial charge >= 0.3 is 5.97 Å². The number of pyridine rings is 1. The topological polar surface area (TPSA) is 65.5 Å². The maximum Gasteiger partial charge on any atom is 0.343 e. The quantitative estimate of drug-likeness (QED) is 0.508. The number of hydrogen-bond acceptors (Lipinski definition) is 5. The molecule has 4 atom stereocenters. The molecule has 5 rings (SSSR count). The molecule has 0 aliphatic heterocycles. The van der Waals surface area contributed by atoms with Crippen molar-refractivity contribution < 1.29 is 19.1 Å². The molecule has 5 nitrogen and oxygen atoms in total. The molecule has 31 heavy (non-hydrogen) atoms. The zero-order valence-corrected chi connectivity index (χ0v) is 18.2. The molecule has 0 radical (unpaired) electrons. The lowest BCUT2D eigenvalue weighted by molar-refractivity contribution is -0.129. The maximum atomic E-state index is 12.6. The highest BCUT2D eigenvalue weighted by atomic mass is 16.6. The van der Waals surface area contributed by atoms with Crippen molar-refractivity contribution in [3.8, 4) is 11.5 Å². The summed E-state index contributed by atoms with van der Waals surface area (Å²) >= 11 is 0. The fourth-order valence-electron chi connectivity index (χ4n) is 6.34. The second kappa shape index (κ2) is 7.77. The van der Waals surface area contributed by atoms with Crippen molar-refractivity contribution in [2.24, 2.45) is 17.3 Å². The number of esters is 1. The number of Topliss-reactive ketones (excluding diaryl/α,β-unsaturated/α-hetero) is 1. The Morgan fingerprint density at radius 2 is 1.94 bits per heavy atom. The monoisotopic (exact) mass is 419 g/mol. The van der Waals surface area contributed by atoms with Crippen molar-refractivity contribution >= 4 is 11.8 Å². The Bertz CT molecular complexity index is 1020. The van der Waals surface area contributed by atoms with E-state index in [2.05, 4.69) is 18.0 Å². The molecule has 0 unspecified atom stereocenters. The number of nitrogens with zero attached hydrogens (tertiary/aromatic N) is 1. The minimum absolute atomic E-state index is 0.124. The Kier molecular flexibility index (Phi) is 5.07. The average Bonchev–Trinajstić information content (AvgIpc) is 3.09. The number of fused-ring (bicyclic) bond motifs is 5. The van der Waals surface area contributed by atoms with Crippen molar-refractivity contribution in [3.05, 3.63) is 53.3 Å². The highest BCUT2D eigenvalue weighted by Gasteiger charge is 2.54. The van der Waals surface area contributed by atoms with Gasteiger partial charge in [0.1, 0.15) is 5.78 Å². The van der Waals surface area contributed by atoms with E-state index in [9.17, 15) is 9.59 Å². The fourth-order valence-corrected chi connectivity index (χ4v) is 6.34. The van der Waals surface area contributed by atoms with Crippen LogP contribution in [0.5, 0.6) is 11.5 Å². The van der Waals surface area contributed by atoms with Gasteiger partial charge < -0.3 is 9.47 Å². The number of ketones is 1. The van der Waals surface area contributed by atoms with Gasteiger partial charge in [-0.15, -0.1) is 0 Å². The lowest BCUT2D eigenvalue weighted by Crippen LogP contribution is -2.42. The molecule has 5 heteroatoms. The summed E-state index contributed by atoms with van der Waals surface area (Å²) in [4.78, 5) is 29.2. The van der Waals surface area contributed by atoms with Gasteiger partial charge in [-0.2, -0.15) is 0 Å². The van der Waals surface area contributed by atoms with Crippen LogP contribution in [0.25, 0.3) is 0 Å². The van der Waals surface area contributed by atoms with Gasteiger partial charge in [0, 0.05) is 24.2 Å². The molecule has 1 aromatic carbocycles. The molecule has 3 aliphatic carbocycles. The number of benzene rings is 1. The van der Waals surface area contributed by atoms with E-state index in [1.165, 1.54) is 11.1 Å². The molecule has 162 valence electrons. The predicted octanol–water partition coefficient (Wildman–Crippen LogP) is 5.12. The molecule has 0 bridgehead atoms. The first kappa shape index (κ1) is 20.2. The van der Waals surface area contributed by atoms with Crippen LogP contribution in [0.2, 0.25) is 0 Å². The zero-order chi connectivity index (χ0) is 21.6. The molecule has 0 saturated heterocycles. The van der Waals surface area contributed by atoms with E-state index >= 15 is 0 Å². The first-order valence-electron chi connectivity index (χ1n) is 11.5. The van der Waals surface area contributed by atoms with Crippen LogP contribution in [-0.2, 0) is 11.2 Å². The third-order valence-electron chi connectivity index (χ3n) is 7.92. The fraction of sp³-hybridized carbons (Fsp3) is 0.500. The Morgan fingerprint density at radius 3 is 2.71 bits per heavy atom. The highest BCUT2D eigenvalue weighted by molar-refractivity contribution is 5.91. The Labute approximate surface area is 183 Å². The lowest BCUT2D eigenvalue weighted by atomic mass is 9.55. The van der Waals surface area contributed by atoms with Gasteiger partial charge in [0.25, 0.3) is 0 Å². The van der Waals surface area contributed by atoms with E-state index in [0.29, 0.717) is 47.2 Å². The second-order valence-electron chi connectivity index (χ2n) is 9.39. The van der Waals surface area contributed by atoms with Crippen LogP contribution in [0.1, 0.15) is 73.4 Å². The molecule has 0 spiro atoms. The van der Waals surface area contributed by atoms with Gasteiger partial charge in [0.2, 0.25) is 0 Å². The smallest absolute Gasteiger partial charge is 0.343 e. The van der Waals surface area contributed by atoms with Gasteiger partial charge in [-0.1, -0.05) is 6.92 Å². The van der Waals surface area contributed by atoms with Crippen molar-refractivity contribution in [2.45, 2.75) is 58.3 Å². The Hall–Kier alpha value is -2.69. The van der Waals surface area contributed by atoms with Crippen LogP contribution in [-0.4, -0.2) is 23.3 Å². The SMILES string of the molecule is CCOc1cc2c(cc1OC(=O)c1ccncc1)CC[C@@H]1[C@@H]2CC[C@]2(C)C(=O)CC[C@@H]12. The number of ether oxygens (including phenoxy) is 2. The largest absolute Gasteiger partial charge is 0.490 e. The third-order valence-corrected chi connectivity index (χ3v) is 7.92. The van der Waals surface area contributed by atoms with Gasteiger partial charge in [-0.25, -0.2) is 4.79 Å². The van der Waals surface area contributed by atoms with E-state index in [-0.39, 0.29) is 5.41 Å². The van der Waals surface area contributed by atoms with E-state index in [1.807, 2.05) is 13.0 Å². The molecule has 2 saturated carbocycles. The van der Waals surface area contributed by atoms with Crippen LogP contribution in [0, 0.1) is 17.3 Å². The van der Waals surface area contributed by atoms with Gasteiger partial charge in [0.05, 0.1) is 12.2 Å². The minimum atomic E-state index is -0.408. The molecule has 1 aromatic heterocycles. The van der Waals surface area contributed by atoms with Crippen LogP contribution in [0.15, 0.2) is 36.7 Å². The van der Waals surface area contributed by atoms with E-state index in [4.69, 9.17) is 9.47 Å². The van der Waals surface area contributed by atoms with Crippen LogP contribution < -0.4 is 9.47 Å². The minimum Gasteiger partial charge on any atom is -0.490 e. The lowest BCUT2D eigenvalue weighted by Gasteiger charge is -2.48. The normalized spacial score (nSPS) is 29.0. The zero-order valence-electron chi connectivity index (χ0n) is 18.2. The highest BCUT2D eigenvalue weighted by Crippen LogP contribution is 2.60. The number of rotatable bonds is 4. The summed E-state index contributed by atoms with van der Waals surface area (Å²) in [6.07, 6.45) is 8.99. The molecule has 0 N–H and O–H groups in total. The number of aromatic nitrogens is 1. The van der Waals surface area contributed by atoms with E-state index in [1.54, 1.807) is 24.5 Å². The molecular formula is C26H29NO4. The summed E-state index contributed by atoms with van der Waals surface area (Å²) in [5.74, 6) is 2.67. The predicted molar refractivity (Wildman–Crippen MR) is 116 cm³/mol. The number of carbonyl (C=O) groups is 2. The molecule has 3 aliphatic rings. The third kappa shape index (κ3) is 3.35. The molecular weight excluding hydrogens is 390 g/mol. The maximum absolute atomic E-state index is 12.6. The van der Waals surface area contributed by atoms with Crippen LogP contribution in [0.3, 0.4) is 0 Å². The first-order chi connectivity index (χ1) is 15.0. The van der Waals surface area contributed by atoms with Crippen LogP contribution >= 0.6 is 0 Å². The molecule has 2 fully saturated rings. The summed E-state index contributed by atoms with van der Waals surface area (Å²) in [6, 6.07) is 7.40. The summed E-state index contributed by atoms with van der Waals surface area (Å²) in [5, 5.41) is 0. The van der Waals surface area contributed by atoms with Gasteiger partial charge in [0.15, 0.2) is 11.5 Å². The Balaban J connectivity index is 1.46. The van der Waals surface area contributed by atoms with Crippen LogP contribution in [0.4, 0.5) is 0 Å². The summed E-state index contributed by atoms with van der Waals surface area (Å²) in [6.45, 7) is 4.64. The van der Waals surface area contributed by atoms with Crippen molar-refractivity contribution in [3.63, 3.8) is 0 Å². The van der Waals surface area contributed by atoms with E-state index in [0.717, 1.165) is 38.5 Å². The Morgan fingerprint density at radius 1 is 1.13 bits per heavy atom. The second-order valence-corrected chi connectivity index (χ2v) is 9.39. The van der Waals surface area contributed by atoms with Gasteiger partial charge in [-0.05, 0) is 92.2 Å². The summed E-state index contributed by atoms with van der Waals surface area (Å²) < 4.78 is 11.6. The summed E-state index contributed by atoms with van der Waals surface area (Å²) in [7, 11) is 0. The van der Waals surface area contributed by atoms with Crippen molar-refractivity contribution in [2.75, 3.05) is 6.61 Å².